The summed E-state index contributed by atoms with van der Waals surface area (Å²) in [6, 6.07) is 8.12. The lowest BCUT2D eigenvalue weighted by molar-refractivity contribution is 0.102. The Labute approximate surface area is 127 Å². The highest BCUT2D eigenvalue weighted by molar-refractivity contribution is 14.1. The van der Waals surface area contributed by atoms with Gasteiger partial charge in [0.2, 0.25) is 0 Å². The molecule has 0 fully saturated rings. The second-order valence-electron chi connectivity index (χ2n) is 3.74. The summed E-state index contributed by atoms with van der Waals surface area (Å²) in [5, 5.41) is 12.2. The Hall–Kier alpha value is -1.34. The molecule has 3 nitrogen and oxygen atoms in total. The van der Waals surface area contributed by atoms with E-state index in [1.807, 2.05) is 22.6 Å². The normalized spacial score (nSPS) is 10.3. The zero-order chi connectivity index (χ0) is 14.0. The van der Waals surface area contributed by atoms with Crippen molar-refractivity contribution in [3.63, 3.8) is 0 Å². The number of hydrogen-bond donors (Lipinski definition) is 2. The van der Waals surface area contributed by atoms with Crippen molar-refractivity contribution in [3.05, 3.63) is 56.4 Å². The fourth-order valence-corrected chi connectivity index (χ4v) is 2.28. The quantitative estimate of drug-likeness (QED) is 0.759. The number of anilines is 1. The van der Waals surface area contributed by atoms with Gasteiger partial charge in [-0.1, -0.05) is 11.6 Å². The lowest BCUT2D eigenvalue weighted by atomic mass is 10.2. The number of phenols is 1. The molecule has 19 heavy (non-hydrogen) atoms. The number of phenolic OH excluding ortho intramolecular Hbond substituents is 1. The maximum Gasteiger partial charge on any atom is 0.257 e. The van der Waals surface area contributed by atoms with Crippen molar-refractivity contribution in [3.8, 4) is 5.75 Å². The third-order valence-corrected chi connectivity index (χ3v) is 3.60. The second kappa shape index (κ2) is 5.75. The summed E-state index contributed by atoms with van der Waals surface area (Å²) < 4.78 is 13.5. The van der Waals surface area contributed by atoms with Crippen LogP contribution in [0.25, 0.3) is 0 Å². The molecule has 0 aromatic heterocycles. The van der Waals surface area contributed by atoms with E-state index in [1.165, 1.54) is 36.4 Å². The molecule has 0 unspecified atom stereocenters. The second-order valence-corrected chi connectivity index (χ2v) is 5.31. The average molecular weight is 392 g/mol. The fourth-order valence-electron chi connectivity index (χ4n) is 1.47. The van der Waals surface area contributed by atoms with Crippen LogP contribution >= 0.6 is 34.2 Å². The molecule has 6 heteroatoms. The molecule has 1 amide bonds. The third-order valence-electron chi connectivity index (χ3n) is 2.37. The molecule has 98 valence electrons. The summed E-state index contributed by atoms with van der Waals surface area (Å²) in [4.78, 5) is 12.0. The summed E-state index contributed by atoms with van der Waals surface area (Å²) in [5.74, 6) is -0.897. The van der Waals surface area contributed by atoms with E-state index >= 15 is 0 Å². The highest BCUT2D eigenvalue weighted by Crippen LogP contribution is 2.24. The highest BCUT2D eigenvalue weighted by atomic mass is 127. The fraction of sp³-hybridized carbons (Fsp3) is 0. The van der Waals surface area contributed by atoms with Crippen LogP contribution in [0.2, 0.25) is 5.02 Å². The largest absolute Gasteiger partial charge is 0.508 e. The number of carbonyl (C=O) groups is 1. The summed E-state index contributed by atoms with van der Waals surface area (Å²) in [6.45, 7) is 0. The Balaban J connectivity index is 2.28. The number of amides is 1. The number of halogens is 3. The first-order valence-electron chi connectivity index (χ1n) is 5.22. The SMILES string of the molecule is O=C(Nc1ccc(F)cc1I)c1cc(O)ccc1Cl. The van der Waals surface area contributed by atoms with Crippen LogP contribution in [0.5, 0.6) is 5.75 Å². The first-order valence-corrected chi connectivity index (χ1v) is 6.68. The van der Waals surface area contributed by atoms with Crippen LogP contribution in [0, 0.1) is 9.39 Å². The van der Waals surface area contributed by atoms with Crippen molar-refractivity contribution < 1.29 is 14.3 Å². The molecule has 0 spiro atoms. The van der Waals surface area contributed by atoms with Crippen LogP contribution < -0.4 is 5.32 Å². The molecule has 2 aromatic rings. The van der Waals surface area contributed by atoms with Crippen molar-refractivity contribution in [2.45, 2.75) is 0 Å². The molecule has 0 heterocycles. The molecule has 0 aliphatic carbocycles. The highest BCUT2D eigenvalue weighted by Gasteiger charge is 2.13. The van der Waals surface area contributed by atoms with E-state index in [1.54, 1.807) is 0 Å². The Morgan fingerprint density at radius 3 is 2.68 bits per heavy atom. The van der Waals surface area contributed by atoms with Crippen molar-refractivity contribution in [1.29, 1.82) is 0 Å². The minimum atomic E-state index is -0.467. The van der Waals surface area contributed by atoms with Crippen molar-refractivity contribution >= 4 is 45.8 Å². The summed E-state index contributed by atoms with van der Waals surface area (Å²) in [6.07, 6.45) is 0. The van der Waals surface area contributed by atoms with Crippen LogP contribution in [-0.2, 0) is 0 Å². The standard InChI is InChI=1S/C13H8ClFINO2/c14-10-3-2-8(18)6-9(10)13(19)17-12-4-1-7(15)5-11(12)16/h1-6,18H,(H,17,19). The summed E-state index contributed by atoms with van der Waals surface area (Å²) in [7, 11) is 0. The van der Waals surface area contributed by atoms with Gasteiger partial charge in [0.25, 0.3) is 5.91 Å². The molecule has 0 aliphatic rings. The van der Waals surface area contributed by atoms with Gasteiger partial charge in [0.05, 0.1) is 16.3 Å². The van der Waals surface area contributed by atoms with E-state index in [0.29, 0.717) is 9.26 Å². The number of aromatic hydroxyl groups is 1. The van der Waals surface area contributed by atoms with E-state index in [-0.39, 0.29) is 22.2 Å². The van der Waals surface area contributed by atoms with Crippen molar-refractivity contribution in [1.82, 2.24) is 0 Å². The Bertz CT molecular complexity index is 649. The molecule has 2 N–H and O–H groups in total. The zero-order valence-corrected chi connectivity index (χ0v) is 12.4. The molecular formula is C13H8ClFINO2. The first kappa shape index (κ1) is 14.1. The van der Waals surface area contributed by atoms with Gasteiger partial charge in [-0.25, -0.2) is 4.39 Å². The predicted molar refractivity (Wildman–Crippen MR) is 80.2 cm³/mol. The third kappa shape index (κ3) is 3.36. The Morgan fingerprint density at radius 1 is 1.26 bits per heavy atom. The molecule has 0 saturated carbocycles. The van der Waals surface area contributed by atoms with Crippen LogP contribution in [0.15, 0.2) is 36.4 Å². The van der Waals surface area contributed by atoms with Gasteiger partial charge in [0, 0.05) is 3.57 Å². The molecule has 0 saturated heterocycles. The predicted octanol–water partition coefficient (Wildman–Crippen LogP) is 4.04. The van der Waals surface area contributed by atoms with E-state index in [2.05, 4.69) is 5.32 Å². The number of carbonyl (C=O) groups excluding carboxylic acids is 1. The van der Waals surface area contributed by atoms with Gasteiger partial charge >= 0.3 is 0 Å². The minimum Gasteiger partial charge on any atom is -0.508 e. The van der Waals surface area contributed by atoms with Gasteiger partial charge in [0.15, 0.2) is 0 Å². The lowest BCUT2D eigenvalue weighted by Crippen LogP contribution is -2.13. The van der Waals surface area contributed by atoms with E-state index in [4.69, 9.17) is 11.6 Å². The molecule has 2 rings (SSSR count). The Kier molecular flexibility index (Phi) is 4.26. The van der Waals surface area contributed by atoms with Crippen molar-refractivity contribution in [2.75, 3.05) is 5.32 Å². The van der Waals surface area contributed by atoms with Gasteiger partial charge in [-0.2, -0.15) is 0 Å². The molecule has 0 aliphatic heterocycles. The smallest absolute Gasteiger partial charge is 0.257 e. The van der Waals surface area contributed by atoms with Gasteiger partial charge in [-0.15, -0.1) is 0 Å². The number of benzene rings is 2. The maximum atomic E-state index is 13.0. The molecule has 0 atom stereocenters. The monoisotopic (exact) mass is 391 g/mol. The molecule has 2 aromatic carbocycles. The van der Waals surface area contributed by atoms with Gasteiger partial charge in [-0.3, -0.25) is 4.79 Å². The van der Waals surface area contributed by atoms with Crippen LogP contribution in [0.3, 0.4) is 0 Å². The van der Waals surface area contributed by atoms with Gasteiger partial charge in [0.1, 0.15) is 11.6 Å². The zero-order valence-electron chi connectivity index (χ0n) is 9.45. The van der Waals surface area contributed by atoms with E-state index < -0.39 is 5.91 Å². The van der Waals surface area contributed by atoms with Crippen molar-refractivity contribution in [2.24, 2.45) is 0 Å². The summed E-state index contributed by atoms with van der Waals surface area (Å²) >= 11 is 7.81. The Morgan fingerprint density at radius 2 is 2.00 bits per heavy atom. The molecule has 0 bridgehead atoms. The average Bonchev–Trinajstić information content (AvgIpc) is 2.35. The van der Waals surface area contributed by atoms with Gasteiger partial charge < -0.3 is 10.4 Å². The van der Waals surface area contributed by atoms with Gasteiger partial charge in [-0.05, 0) is 59.0 Å². The lowest BCUT2D eigenvalue weighted by Gasteiger charge is -2.09. The molecule has 0 radical (unpaired) electrons. The van der Waals surface area contributed by atoms with Crippen LogP contribution in [-0.4, -0.2) is 11.0 Å². The van der Waals surface area contributed by atoms with E-state index in [9.17, 15) is 14.3 Å². The molecular weight excluding hydrogens is 384 g/mol. The minimum absolute atomic E-state index is 0.0525. The number of rotatable bonds is 2. The number of nitrogens with one attached hydrogen (secondary N) is 1. The topological polar surface area (TPSA) is 49.3 Å². The number of hydrogen-bond acceptors (Lipinski definition) is 2. The maximum absolute atomic E-state index is 13.0. The van der Waals surface area contributed by atoms with E-state index in [0.717, 1.165) is 0 Å². The summed E-state index contributed by atoms with van der Waals surface area (Å²) in [5.41, 5.74) is 0.633. The first-order chi connectivity index (χ1) is 8.97. The van der Waals surface area contributed by atoms with Crippen LogP contribution in [0.1, 0.15) is 10.4 Å². The van der Waals surface area contributed by atoms with Crippen LogP contribution in [0.4, 0.5) is 10.1 Å².